The molecule has 1 saturated heterocycles. The first kappa shape index (κ1) is 58.3. The largest absolute Gasteiger partial charge is 0.391 e. The normalized spacial score (nSPS) is 16.2. The van der Waals surface area contributed by atoms with Gasteiger partial charge >= 0.3 is 0 Å². The number of nitrogens with one attached hydrogen (secondary N) is 4. The molecule has 0 spiro atoms. The molecule has 4 aromatic heterocycles. The van der Waals surface area contributed by atoms with Gasteiger partial charge in [-0.05, 0) is 98.0 Å². The zero-order valence-electron chi connectivity index (χ0n) is 46.6. The van der Waals surface area contributed by atoms with E-state index in [2.05, 4.69) is 35.7 Å². The maximum absolute atomic E-state index is 14.2. The second-order valence-electron chi connectivity index (χ2n) is 22.0. The van der Waals surface area contributed by atoms with Gasteiger partial charge in [0.2, 0.25) is 27.7 Å². The molecule has 19 nitrogen and oxygen atoms in total. The number of aromatic nitrogens is 5. The lowest BCUT2D eigenvalue weighted by molar-refractivity contribution is -0.144. The van der Waals surface area contributed by atoms with Gasteiger partial charge in [-0.2, -0.15) is 5.10 Å². The number of hydrogen-bond donors (Lipinski definition) is 5. The number of fused-ring (bicyclic) bond motifs is 2. The van der Waals surface area contributed by atoms with Crippen molar-refractivity contribution in [1.82, 2.24) is 45.0 Å². The number of hydrogen-bond acceptors (Lipinski definition) is 15. The number of aliphatic hydroxyl groups excluding tert-OH is 1. The zero-order chi connectivity index (χ0) is 57.8. The Morgan fingerprint density at radius 3 is 2.33 bits per heavy atom. The summed E-state index contributed by atoms with van der Waals surface area (Å²) in [5.74, 6) is -2.22. The number of pyridine rings is 1. The molecule has 4 atom stereocenters. The summed E-state index contributed by atoms with van der Waals surface area (Å²) in [4.78, 5) is 87.4. The summed E-state index contributed by atoms with van der Waals surface area (Å²) >= 11 is 2.96. The van der Waals surface area contributed by atoms with Crippen molar-refractivity contribution in [3.05, 3.63) is 130 Å². The molecule has 2 aliphatic heterocycles. The monoisotopic (exact) mass is 1160 g/mol. The summed E-state index contributed by atoms with van der Waals surface area (Å²) in [6.45, 7) is 12.0. The summed E-state index contributed by atoms with van der Waals surface area (Å²) in [6, 6.07) is 22.5. The van der Waals surface area contributed by atoms with Crippen molar-refractivity contribution in [2.24, 2.45) is 12.5 Å². The van der Waals surface area contributed by atoms with Gasteiger partial charge in [0.05, 0.1) is 50.4 Å². The molecule has 5 N–H and O–H groups in total. The molecule has 5 amide bonds. The molecule has 81 heavy (non-hydrogen) atoms. The van der Waals surface area contributed by atoms with E-state index in [0.717, 1.165) is 48.7 Å². The van der Waals surface area contributed by atoms with Gasteiger partial charge in [-0.3, -0.25) is 34.0 Å². The van der Waals surface area contributed by atoms with Gasteiger partial charge in [-0.15, -0.1) is 11.3 Å². The van der Waals surface area contributed by atoms with E-state index in [4.69, 9.17) is 4.98 Å². The van der Waals surface area contributed by atoms with E-state index in [0.29, 0.717) is 72.8 Å². The zero-order valence-corrected chi connectivity index (χ0v) is 49.1. The number of rotatable bonds is 20. The van der Waals surface area contributed by atoms with Gasteiger partial charge in [-0.25, -0.2) is 28.1 Å². The van der Waals surface area contributed by atoms with Crippen LogP contribution in [-0.4, -0.2) is 110 Å². The molecule has 0 saturated carbocycles. The number of benzene rings is 3. The number of sulfonamides is 1. The Labute approximate surface area is 480 Å². The highest BCUT2D eigenvalue weighted by Crippen LogP contribution is 2.34. The molecule has 0 radical (unpaired) electrons. The van der Waals surface area contributed by atoms with E-state index in [1.54, 1.807) is 53.0 Å². The van der Waals surface area contributed by atoms with Gasteiger partial charge in [0.1, 0.15) is 23.6 Å². The maximum atomic E-state index is 14.2. The number of aliphatic hydroxyl groups is 1. The number of amides is 5. The number of likely N-dealkylation sites (tertiary alicyclic amines) is 1. The van der Waals surface area contributed by atoms with E-state index in [1.807, 2.05) is 107 Å². The molecule has 1 fully saturated rings. The quantitative estimate of drug-likeness (QED) is 0.0450. The first-order chi connectivity index (χ1) is 38.6. The summed E-state index contributed by atoms with van der Waals surface area (Å²) in [5, 5.41) is 24.5. The Bertz CT molecular complexity index is 3560. The Morgan fingerprint density at radius 1 is 0.864 bits per heavy atom. The van der Waals surface area contributed by atoms with E-state index in [9.17, 15) is 37.5 Å². The van der Waals surface area contributed by atoms with Gasteiger partial charge in [0.15, 0.2) is 5.13 Å². The molecule has 9 rings (SSSR count). The van der Waals surface area contributed by atoms with Crippen LogP contribution in [0, 0.1) is 19.3 Å². The Balaban J connectivity index is 0.762. The summed E-state index contributed by atoms with van der Waals surface area (Å²) in [7, 11) is -2.34. The Kier molecular flexibility index (Phi) is 17.8. The number of thiazole rings is 2. The molecule has 2 aliphatic rings. The van der Waals surface area contributed by atoms with Crippen molar-refractivity contribution in [3.63, 3.8) is 0 Å². The third kappa shape index (κ3) is 13.7. The minimum atomic E-state index is -4.12. The number of para-hydroxylation sites is 1. The van der Waals surface area contributed by atoms with Crippen LogP contribution in [0.15, 0.2) is 90.6 Å². The summed E-state index contributed by atoms with van der Waals surface area (Å²) in [6.07, 6.45) is 3.99. The first-order valence-electron chi connectivity index (χ1n) is 27.3. The average molecular weight is 1160 g/mol. The molecule has 7 aromatic rings. The third-order valence-corrected chi connectivity index (χ3v) is 18.4. The second kappa shape index (κ2) is 24.8. The Hall–Kier alpha value is -7.40. The topological polar surface area (TPSA) is 251 Å². The van der Waals surface area contributed by atoms with E-state index in [1.165, 1.54) is 16.2 Å². The minimum absolute atomic E-state index is 0.0425. The Morgan fingerprint density at radius 2 is 1.62 bits per heavy atom. The minimum Gasteiger partial charge on any atom is -0.391 e. The number of unbranched alkanes of at least 4 members (excludes halogenated alkanes) is 4. The van der Waals surface area contributed by atoms with Crippen LogP contribution in [0.2, 0.25) is 0 Å². The van der Waals surface area contributed by atoms with Crippen molar-refractivity contribution in [1.29, 1.82) is 0 Å². The van der Waals surface area contributed by atoms with Crippen molar-refractivity contribution in [2.75, 3.05) is 29.1 Å². The standard InChI is InChI=1S/C59H69N11O8S3/c1-35(38-21-23-40(24-22-38)52-36(2)60-34-79-52)62-55(74)47-30-41(71)32-70(47)57(76)53(59(4,5)6)65-50(72)20-11-9-8-10-14-29-81(77,78)67-56(75)51-42(44-31-61-68(7)37(44)3)25-26-49(64-51)69-28-27-39-16-15-17-43(45(39)33-69)54(73)66-58-63-46-18-12-13-19-48(46)80-58/h12-13,15-19,21-26,31,34-35,41,47,53,71H,8-11,14,20,27-30,32-33H2,1-7H3,(H,62,74)(H,65,72)(H,67,75)(H,63,66,73)/t35-,41+,47-,53-/m0/s1. The molecule has 0 unspecified atom stereocenters. The molecule has 3 aromatic carbocycles. The van der Waals surface area contributed by atoms with E-state index >= 15 is 0 Å². The predicted octanol–water partition coefficient (Wildman–Crippen LogP) is 8.42. The van der Waals surface area contributed by atoms with Crippen LogP contribution in [0.5, 0.6) is 0 Å². The van der Waals surface area contributed by atoms with Crippen LogP contribution in [0.1, 0.15) is 128 Å². The average Bonchev–Trinajstić information content (AvgIpc) is 4.34. The van der Waals surface area contributed by atoms with Crippen molar-refractivity contribution in [3.8, 4) is 21.6 Å². The molecule has 0 bridgehead atoms. The van der Waals surface area contributed by atoms with Crippen molar-refractivity contribution in [2.45, 2.75) is 124 Å². The van der Waals surface area contributed by atoms with Crippen molar-refractivity contribution >= 4 is 83.4 Å². The fourth-order valence-corrected chi connectivity index (χ4v) is 13.2. The molecular formula is C59H69N11O8S3. The summed E-state index contributed by atoms with van der Waals surface area (Å²) in [5.41, 5.74) is 8.78. The number of anilines is 2. The van der Waals surface area contributed by atoms with E-state index < -0.39 is 51.3 Å². The fraction of sp³-hybridized carbons (Fsp3) is 0.407. The molecule has 6 heterocycles. The number of carbonyl (C=O) groups excluding carboxylic acids is 5. The molecule has 0 aliphatic carbocycles. The molecule has 426 valence electrons. The highest BCUT2D eigenvalue weighted by molar-refractivity contribution is 7.90. The molecule has 22 heteroatoms. The van der Waals surface area contributed by atoms with Crippen LogP contribution in [0.25, 0.3) is 31.8 Å². The highest BCUT2D eigenvalue weighted by atomic mass is 32.2. The smallest absolute Gasteiger partial charge is 0.284 e. The number of aryl methyl sites for hydroxylation is 2. The van der Waals surface area contributed by atoms with Crippen molar-refractivity contribution < 1.29 is 37.5 Å². The van der Waals surface area contributed by atoms with Gasteiger partial charge in [0, 0.05) is 61.9 Å². The third-order valence-electron chi connectivity index (χ3n) is 15.1. The SMILES string of the molecule is Cc1ncsc1-c1ccc([C@H](C)NC(=O)[C@@H]2C[C@@H](O)CN2C(=O)[C@H](NC(=O)CCCCCCCS(=O)(=O)NC(=O)c2nc(N3CCc4cccc(C(=O)Nc5nc6ccccc6s5)c4C3)ccc2-c2cnn(C)c2C)C(C)(C)C)cc1. The fourth-order valence-electron chi connectivity index (χ4n) is 10.5. The van der Waals surface area contributed by atoms with Crippen LogP contribution in [-0.2, 0) is 44.4 Å². The van der Waals surface area contributed by atoms with Crippen LogP contribution in [0.3, 0.4) is 0 Å². The second-order valence-corrected chi connectivity index (χ2v) is 25.8. The lowest BCUT2D eigenvalue weighted by Gasteiger charge is -2.35. The van der Waals surface area contributed by atoms with E-state index in [-0.39, 0.29) is 55.1 Å². The lowest BCUT2D eigenvalue weighted by atomic mass is 9.85. The first-order valence-corrected chi connectivity index (χ1v) is 30.6. The number of nitrogens with zero attached hydrogens (tertiary/aromatic N) is 7. The summed E-state index contributed by atoms with van der Waals surface area (Å²) < 4.78 is 32.0. The lowest BCUT2D eigenvalue weighted by Crippen LogP contribution is -2.57. The van der Waals surface area contributed by atoms with Gasteiger partial charge in [0.25, 0.3) is 11.8 Å². The van der Waals surface area contributed by atoms with Crippen LogP contribution in [0.4, 0.5) is 10.9 Å². The highest BCUT2D eigenvalue weighted by Gasteiger charge is 2.45. The predicted molar refractivity (Wildman–Crippen MR) is 315 cm³/mol. The van der Waals surface area contributed by atoms with Crippen LogP contribution < -0.4 is 25.6 Å². The van der Waals surface area contributed by atoms with Gasteiger partial charge < -0.3 is 25.5 Å². The maximum Gasteiger partial charge on any atom is 0.284 e. The van der Waals surface area contributed by atoms with Crippen LogP contribution >= 0.6 is 22.7 Å². The number of carbonyl (C=O) groups is 5. The number of β-amino-alcohol motifs (C(OH)–C–C–N with tert-alkyl or cyclic N) is 1. The van der Waals surface area contributed by atoms with Gasteiger partial charge in [-0.1, -0.05) is 99.9 Å². The molecular weight excluding hydrogens is 1090 g/mol.